The van der Waals surface area contributed by atoms with Gasteiger partial charge in [-0.3, -0.25) is 4.79 Å². The van der Waals surface area contributed by atoms with Gasteiger partial charge in [0.15, 0.2) is 6.61 Å². The first kappa shape index (κ1) is 23.5. The Hall–Kier alpha value is -3.12. The van der Waals surface area contributed by atoms with E-state index in [9.17, 15) is 13.2 Å². The minimum absolute atomic E-state index is 0.0476. The molecule has 0 aliphatic carbocycles. The minimum atomic E-state index is -4.12. The van der Waals surface area contributed by atoms with Gasteiger partial charge in [-0.25, -0.2) is 8.42 Å². The van der Waals surface area contributed by atoms with Gasteiger partial charge in [-0.1, -0.05) is 50.2 Å². The number of sulfonamides is 1. The Bertz CT molecular complexity index is 1220. The van der Waals surface area contributed by atoms with Crippen molar-refractivity contribution in [1.29, 1.82) is 0 Å². The zero-order valence-corrected chi connectivity index (χ0v) is 19.9. The Balaban J connectivity index is 1.96. The fraction of sp³-hybridized carbons (Fsp3) is 0.269. The van der Waals surface area contributed by atoms with Crippen LogP contribution in [0.2, 0.25) is 0 Å². The summed E-state index contributed by atoms with van der Waals surface area (Å²) in [7, 11) is -4.12. The fourth-order valence-electron chi connectivity index (χ4n) is 3.64. The standard InChI is InChI=1S/C26H29NO4S/c1-18(2)24-15-14-22(16-20(24)4)31-17-26(28)27(25-13-9-10-19(3)21(25)5)32(29,30)23-11-7-6-8-12-23/h6-16,18H,17H2,1-5H3. The summed E-state index contributed by atoms with van der Waals surface area (Å²) in [5.41, 5.74) is 4.20. The maximum Gasteiger partial charge on any atom is 0.278 e. The summed E-state index contributed by atoms with van der Waals surface area (Å²) in [5.74, 6) is 0.243. The molecule has 0 aromatic heterocycles. The molecule has 0 spiro atoms. The van der Waals surface area contributed by atoms with E-state index in [1.807, 2.05) is 38.1 Å². The van der Waals surface area contributed by atoms with Crippen LogP contribution in [0.15, 0.2) is 71.6 Å². The van der Waals surface area contributed by atoms with Crippen molar-refractivity contribution < 1.29 is 17.9 Å². The molecular formula is C26H29NO4S. The maximum absolute atomic E-state index is 13.5. The first-order valence-corrected chi connectivity index (χ1v) is 12.0. The van der Waals surface area contributed by atoms with Gasteiger partial charge >= 0.3 is 0 Å². The van der Waals surface area contributed by atoms with Crippen LogP contribution < -0.4 is 9.04 Å². The van der Waals surface area contributed by atoms with E-state index in [0.29, 0.717) is 17.4 Å². The van der Waals surface area contributed by atoms with E-state index in [2.05, 4.69) is 13.8 Å². The summed E-state index contributed by atoms with van der Waals surface area (Å²) < 4.78 is 33.5. The summed E-state index contributed by atoms with van der Waals surface area (Å²) in [6.45, 7) is 9.50. The molecule has 3 aromatic carbocycles. The second-order valence-electron chi connectivity index (χ2n) is 8.16. The van der Waals surface area contributed by atoms with Crippen molar-refractivity contribution in [3.05, 3.63) is 89.0 Å². The number of amides is 1. The van der Waals surface area contributed by atoms with Crippen molar-refractivity contribution in [1.82, 2.24) is 0 Å². The number of ether oxygens (including phenoxy) is 1. The number of benzene rings is 3. The van der Waals surface area contributed by atoms with Crippen LogP contribution in [0, 0.1) is 20.8 Å². The zero-order chi connectivity index (χ0) is 23.5. The average molecular weight is 452 g/mol. The Labute approximate surface area is 190 Å². The van der Waals surface area contributed by atoms with Gasteiger partial charge < -0.3 is 4.74 Å². The number of carbonyl (C=O) groups excluding carboxylic acids is 1. The van der Waals surface area contributed by atoms with E-state index in [0.717, 1.165) is 21.0 Å². The number of aryl methyl sites for hydroxylation is 2. The molecular weight excluding hydrogens is 422 g/mol. The van der Waals surface area contributed by atoms with Gasteiger partial charge in [-0.15, -0.1) is 0 Å². The highest BCUT2D eigenvalue weighted by Gasteiger charge is 2.32. The third-order valence-corrected chi connectivity index (χ3v) is 7.28. The van der Waals surface area contributed by atoms with E-state index in [1.165, 1.54) is 17.7 Å². The van der Waals surface area contributed by atoms with Gasteiger partial charge in [-0.05, 0) is 79.3 Å². The smallest absolute Gasteiger partial charge is 0.278 e. The van der Waals surface area contributed by atoms with Crippen LogP contribution in [0.3, 0.4) is 0 Å². The van der Waals surface area contributed by atoms with Gasteiger partial charge in [0, 0.05) is 0 Å². The van der Waals surface area contributed by atoms with Gasteiger partial charge in [0.25, 0.3) is 15.9 Å². The van der Waals surface area contributed by atoms with Crippen molar-refractivity contribution in [3.63, 3.8) is 0 Å². The number of carbonyl (C=O) groups is 1. The highest BCUT2D eigenvalue weighted by molar-refractivity contribution is 7.93. The molecule has 0 radical (unpaired) electrons. The fourth-order valence-corrected chi connectivity index (χ4v) is 5.13. The SMILES string of the molecule is Cc1cc(OCC(=O)N(c2cccc(C)c2C)S(=O)(=O)c2ccccc2)ccc1C(C)C. The molecule has 0 saturated carbocycles. The molecule has 0 heterocycles. The quantitative estimate of drug-likeness (QED) is 0.473. The van der Waals surface area contributed by atoms with Crippen molar-refractivity contribution >= 4 is 21.6 Å². The van der Waals surface area contributed by atoms with Crippen LogP contribution in [0.5, 0.6) is 5.75 Å². The third kappa shape index (κ3) is 4.86. The highest BCUT2D eigenvalue weighted by atomic mass is 32.2. The highest BCUT2D eigenvalue weighted by Crippen LogP contribution is 2.29. The Kier molecular flexibility index (Phi) is 7.04. The minimum Gasteiger partial charge on any atom is -0.484 e. The molecule has 0 aliphatic rings. The summed E-state index contributed by atoms with van der Waals surface area (Å²) >= 11 is 0. The van der Waals surface area contributed by atoms with E-state index in [4.69, 9.17) is 4.74 Å². The van der Waals surface area contributed by atoms with Crippen molar-refractivity contribution in [2.24, 2.45) is 0 Å². The van der Waals surface area contributed by atoms with Crippen molar-refractivity contribution in [2.45, 2.75) is 45.4 Å². The lowest BCUT2D eigenvalue weighted by Gasteiger charge is -2.25. The van der Waals surface area contributed by atoms with Gasteiger partial charge in [-0.2, -0.15) is 4.31 Å². The number of anilines is 1. The number of rotatable bonds is 7. The lowest BCUT2D eigenvalue weighted by atomic mass is 9.98. The molecule has 0 aliphatic heterocycles. The largest absolute Gasteiger partial charge is 0.484 e. The van der Waals surface area contributed by atoms with E-state index >= 15 is 0 Å². The van der Waals surface area contributed by atoms with Crippen molar-refractivity contribution in [3.8, 4) is 5.75 Å². The number of hydrogen-bond acceptors (Lipinski definition) is 4. The summed E-state index contributed by atoms with van der Waals surface area (Å²) in [4.78, 5) is 13.3. The first-order valence-electron chi connectivity index (χ1n) is 10.6. The van der Waals surface area contributed by atoms with Crippen LogP contribution >= 0.6 is 0 Å². The second-order valence-corrected chi connectivity index (χ2v) is 9.94. The summed E-state index contributed by atoms with van der Waals surface area (Å²) in [6, 6.07) is 18.9. The third-order valence-electron chi connectivity index (χ3n) is 5.53. The average Bonchev–Trinajstić information content (AvgIpc) is 2.75. The maximum atomic E-state index is 13.5. The molecule has 0 unspecified atom stereocenters. The lowest BCUT2D eigenvalue weighted by Crippen LogP contribution is -2.40. The van der Waals surface area contributed by atoms with E-state index in [1.54, 1.807) is 37.3 Å². The molecule has 0 atom stereocenters. The van der Waals surface area contributed by atoms with Gasteiger partial charge in [0.2, 0.25) is 0 Å². The topological polar surface area (TPSA) is 63.7 Å². The predicted molar refractivity (Wildman–Crippen MR) is 128 cm³/mol. The first-order chi connectivity index (χ1) is 15.1. The molecule has 32 heavy (non-hydrogen) atoms. The normalized spacial score (nSPS) is 11.4. The van der Waals surface area contributed by atoms with E-state index < -0.39 is 22.5 Å². The molecule has 0 fully saturated rings. The zero-order valence-electron chi connectivity index (χ0n) is 19.1. The molecule has 6 heteroatoms. The monoisotopic (exact) mass is 451 g/mol. The molecule has 3 aromatic rings. The van der Waals surface area contributed by atoms with Crippen molar-refractivity contribution in [2.75, 3.05) is 10.9 Å². The van der Waals surface area contributed by atoms with Gasteiger partial charge in [0.05, 0.1) is 10.6 Å². The summed E-state index contributed by atoms with van der Waals surface area (Å²) in [6.07, 6.45) is 0. The lowest BCUT2D eigenvalue weighted by molar-refractivity contribution is -0.119. The van der Waals surface area contributed by atoms with Crippen LogP contribution in [0.4, 0.5) is 5.69 Å². The van der Waals surface area contributed by atoms with Crippen LogP contribution in [-0.2, 0) is 14.8 Å². The summed E-state index contributed by atoms with van der Waals surface area (Å²) in [5, 5.41) is 0. The van der Waals surface area contributed by atoms with Crippen LogP contribution in [-0.4, -0.2) is 20.9 Å². The predicted octanol–water partition coefficient (Wildman–Crippen LogP) is 5.54. The molecule has 168 valence electrons. The Morgan fingerprint density at radius 1 is 0.906 bits per heavy atom. The van der Waals surface area contributed by atoms with Crippen LogP contribution in [0.25, 0.3) is 0 Å². The Morgan fingerprint density at radius 3 is 2.22 bits per heavy atom. The Morgan fingerprint density at radius 2 is 1.59 bits per heavy atom. The molecule has 3 rings (SSSR count). The number of hydrogen-bond donors (Lipinski definition) is 0. The molecule has 0 N–H and O–H groups in total. The number of nitrogens with zero attached hydrogens (tertiary/aromatic N) is 1. The van der Waals surface area contributed by atoms with E-state index in [-0.39, 0.29) is 4.90 Å². The van der Waals surface area contributed by atoms with Gasteiger partial charge in [0.1, 0.15) is 5.75 Å². The molecule has 0 bridgehead atoms. The van der Waals surface area contributed by atoms with Crippen LogP contribution in [0.1, 0.15) is 42.0 Å². The molecule has 0 saturated heterocycles. The second kappa shape index (κ2) is 9.57. The molecule has 5 nitrogen and oxygen atoms in total. The molecule has 1 amide bonds.